The van der Waals surface area contributed by atoms with E-state index in [1.54, 1.807) is 20.8 Å². The van der Waals surface area contributed by atoms with Crippen LogP contribution < -0.4 is 5.48 Å². The van der Waals surface area contributed by atoms with Crippen LogP contribution in [0.4, 0.5) is 9.59 Å². The first-order chi connectivity index (χ1) is 13.3. The Labute approximate surface area is 167 Å². The average molecular weight is 435 g/mol. The number of carbonyl (C=O) groups is 3. The Hall–Kier alpha value is -2.16. The van der Waals surface area contributed by atoms with Gasteiger partial charge in [0.25, 0.3) is 5.91 Å². The van der Waals surface area contributed by atoms with E-state index in [4.69, 9.17) is 9.57 Å². The van der Waals surface area contributed by atoms with Crippen molar-refractivity contribution in [3.63, 3.8) is 0 Å². The summed E-state index contributed by atoms with van der Waals surface area (Å²) in [7, 11) is -5.10. The molecule has 0 aromatic heterocycles. The number of urea groups is 1. The van der Waals surface area contributed by atoms with Crippen molar-refractivity contribution in [1.82, 2.24) is 20.3 Å². The molecule has 3 aliphatic rings. The molecule has 3 saturated heterocycles. The highest BCUT2D eigenvalue weighted by Crippen LogP contribution is 2.30. The van der Waals surface area contributed by atoms with Crippen LogP contribution in [0.25, 0.3) is 0 Å². The van der Waals surface area contributed by atoms with Gasteiger partial charge in [-0.05, 0) is 33.6 Å². The molecule has 0 aliphatic carbocycles. The van der Waals surface area contributed by atoms with E-state index >= 15 is 0 Å². The van der Waals surface area contributed by atoms with Gasteiger partial charge in [0.15, 0.2) is 0 Å². The van der Waals surface area contributed by atoms with Crippen molar-refractivity contribution in [1.29, 1.82) is 0 Å². The summed E-state index contributed by atoms with van der Waals surface area (Å²) in [6.07, 6.45) is -0.356. The molecule has 13 nitrogen and oxygen atoms in total. The van der Waals surface area contributed by atoms with Crippen LogP contribution >= 0.6 is 0 Å². The summed E-state index contributed by atoms with van der Waals surface area (Å²) in [5.74, 6) is -0.584. The fourth-order valence-corrected chi connectivity index (χ4v) is 3.68. The Kier molecular flexibility index (Phi) is 5.64. The molecule has 0 aromatic carbocycles. The molecule has 14 heteroatoms. The van der Waals surface area contributed by atoms with Gasteiger partial charge < -0.3 is 19.1 Å². The number of hydrogen-bond donors (Lipinski definition) is 1. The quantitative estimate of drug-likeness (QED) is 0.335. The predicted octanol–water partition coefficient (Wildman–Crippen LogP) is -0.686. The van der Waals surface area contributed by atoms with Crippen molar-refractivity contribution in [3.05, 3.63) is 0 Å². The lowest BCUT2D eigenvalue weighted by atomic mass is 10.0. The topological polar surface area (TPSA) is 158 Å². The van der Waals surface area contributed by atoms with Gasteiger partial charge in [-0.2, -0.15) is 9.35 Å². The number of nitrogens with zero attached hydrogens (tertiary/aromatic N) is 3. The minimum atomic E-state index is -5.10. The van der Waals surface area contributed by atoms with Crippen molar-refractivity contribution >= 4 is 28.4 Å². The van der Waals surface area contributed by atoms with E-state index in [1.807, 2.05) is 0 Å². The van der Waals surface area contributed by atoms with Gasteiger partial charge in [0.2, 0.25) is 10.4 Å². The minimum Gasteiger partial charge on any atom is -0.724 e. The van der Waals surface area contributed by atoms with Crippen LogP contribution in [0.1, 0.15) is 33.6 Å². The summed E-state index contributed by atoms with van der Waals surface area (Å²) in [5.41, 5.74) is 1.67. The standard InChI is InChI=1S/C15H24N4O9S/c1-15(2,3)26-14(22)17-7-10(8-17)27-16-12(20)11-5-4-9-6-18(11)13(21)19(9)28-29(23,24)25/h9-11H,4-8H2,1-3H3,(H,16,20)(H,23,24,25)/p-1/t9-,11+/m1/s1. The third kappa shape index (κ3) is 5.07. The number of hydroxylamine groups is 3. The highest BCUT2D eigenvalue weighted by atomic mass is 32.3. The van der Waals surface area contributed by atoms with E-state index in [1.165, 1.54) is 4.90 Å². The average Bonchev–Trinajstić information content (AvgIpc) is 2.75. The molecule has 0 aromatic rings. The van der Waals surface area contributed by atoms with Gasteiger partial charge in [-0.25, -0.2) is 23.5 Å². The van der Waals surface area contributed by atoms with Crippen LogP contribution in [0, 0.1) is 0 Å². The Morgan fingerprint density at radius 3 is 2.41 bits per heavy atom. The first kappa shape index (κ1) is 21.5. The van der Waals surface area contributed by atoms with Gasteiger partial charge >= 0.3 is 12.1 Å². The van der Waals surface area contributed by atoms with Crippen LogP contribution in [-0.2, 0) is 29.1 Å². The molecule has 4 amide bonds. The van der Waals surface area contributed by atoms with Crippen LogP contribution in [0.15, 0.2) is 0 Å². The van der Waals surface area contributed by atoms with Gasteiger partial charge in [-0.3, -0.25) is 9.63 Å². The van der Waals surface area contributed by atoms with Crippen LogP contribution in [0.3, 0.4) is 0 Å². The summed E-state index contributed by atoms with van der Waals surface area (Å²) in [4.78, 5) is 44.3. The van der Waals surface area contributed by atoms with Crippen LogP contribution in [-0.4, -0.2) is 89.3 Å². The maximum atomic E-state index is 12.4. The highest BCUT2D eigenvalue weighted by Gasteiger charge is 2.49. The summed E-state index contributed by atoms with van der Waals surface area (Å²) in [6, 6.07) is -2.37. The molecule has 0 spiro atoms. The Morgan fingerprint density at radius 1 is 1.17 bits per heavy atom. The largest absolute Gasteiger partial charge is 0.724 e. The van der Waals surface area contributed by atoms with Crippen molar-refractivity contribution in [2.24, 2.45) is 0 Å². The third-order valence-corrected chi connectivity index (χ3v) is 4.97. The second-order valence-electron chi connectivity index (χ2n) is 8.08. The van der Waals surface area contributed by atoms with Crippen molar-refractivity contribution < 1.29 is 41.2 Å². The number of likely N-dealkylation sites (tertiary alicyclic amines) is 1. The van der Waals surface area contributed by atoms with Gasteiger partial charge in [0.05, 0.1) is 19.1 Å². The van der Waals surface area contributed by atoms with Crippen molar-refractivity contribution in [3.8, 4) is 0 Å². The first-order valence-corrected chi connectivity index (χ1v) is 10.4. The molecule has 0 unspecified atom stereocenters. The summed E-state index contributed by atoms with van der Waals surface area (Å²) in [6.45, 7) is 5.81. The molecule has 0 saturated carbocycles. The zero-order valence-electron chi connectivity index (χ0n) is 16.2. The zero-order valence-corrected chi connectivity index (χ0v) is 17.0. The Balaban J connectivity index is 1.46. The molecule has 3 rings (SSSR count). The van der Waals surface area contributed by atoms with Gasteiger partial charge in [-0.15, -0.1) is 0 Å². The lowest BCUT2D eigenvalue weighted by Crippen LogP contribution is -2.58. The number of rotatable bonds is 5. The summed E-state index contributed by atoms with van der Waals surface area (Å²) < 4.78 is 41.7. The number of ether oxygens (including phenoxy) is 1. The Bertz CT molecular complexity index is 790. The fourth-order valence-electron chi connectivity index (χ4n) is 3.30. The number of piperidine rings is 1. The maximum Gasteiger partial charge on any atom is 0.410 e. The second-order valence-corrected chi connectivity index (χ2v) is 9.05. The third-order valence-electron chi connectivity index (χ3n) is 4.62. The summed E-state index contributed by atoms with van der Waals surface area (Å²) >= 11 is 0. The SMILES string of the molecule is CC(C)(C)OC(=O)N1CC(ONC(=O)[C@@H]2CC[C@@H]3CN2C(=O)N3OS(=O)(=O)[O-])C1. The van der Waals surface area contributed by atoms with E-state index in [9.17, 15) is 27.4 Å². The number of carbonyl (C=O) groups excluding carboxylic acids is 3. The lowest BCUT2D eigenvalue weighted by molar-refractivity contribution is -0.152. The molecule has 164 valence electrons. The van der Waals surface area contributed by atoms with E-state index < -0.39 is 52.2 Å². The van der Waals surface area contributed by atoms with Crippen molar-refractivity contribution in [2.75, 3.05) is 19.6 Å². The lowest BCUT2D eigenvalue weighted by Gasteiger charge is -2.39. The van der Waals surface area contributed by atoms with E-state index in [-0.39, 0.29) is 32.5 Å². The molecule has 3 fully saturated rings. The van der Waals surface area contributed by atoms with Crippen molar-refractivity contribution in [2.45, 2.75) is 57.4 Å². The van der Waals surface area contributed by atoms with Gasteiger partial charge in [0, 0.05) is 6.54 Å². The summed E-state index contributed by atoms with van der Waals surface area (Å²) in [5, 5.41) is 0.501. The molecule has 1 N–H and O–H groups in total. The smallest absolute Gasteiger partial charge is 0.410 e. The minimum absolute atomic E-state index is 0.0578. The zero-order chi connectivity index (χ0) is 21.6. The molecular formula is C15H23N4O9S-. The van der Waals surface area contributed by atoms with Crippen LogP contribution in [0.5, 0.6) is 0 Å². The number of nitrogens with one attached hydrogen (secondary N) is 1. The van der Waals surface area contributed by atoms with Crippen LogP contribution in [0.2, 0.25) is 0 Å². The molecule has 2 atom stereocenters. The number of fused-ring (bicyclic) bond motifs is 2. The Morgan fingerprint density at radius 2 is 1.83 bits per heavy atom. The molecule has 2 bridgehead atoms. The van der Waals surface area contributed by atoms with Gasteiger partial charge in [-0.1, -0.05) is 0 Å². The number of amides is 4. The maximum absolute atomic E-state index is 12.4. The van der Waals surface area contributed by atoms with E-state index in [0.717, 1.165) is 4.90 Å². The molecular weight excluding hydrogens is 412 g/mol. The highest BCUT2D eigenvalue weighted by molar-refractivity contribution is 7.80. The second kappa shape index (κ2) is 7.59. The first-order valence-electron chi connectivity index (χ1n) is 9.03. The molecule has 3 heterocycles. The monoisotopic (exact) mass is 435 g/mol. The van der Waals surface area contributed by atoms with E-state index in [0.29, 0.717) is 5.06 Å². The van der Waals surface area contributed by atoms with Gasteiger partial charge in [0.1, 0.15) is 17.7 Å². The molecule has 0 radical (unpaired) electrons. The predicted molar refractivity (Wildman–Crippen MR) is 92.4 cm³/mol. The fraction of sp³-hybridized carbons (Fsp3) is 0.800. The molecule has 29 heavy (non-hydrogen) atoms. The molecule has 3 aliphatic heterocycles. The van der Waals surface area contributed by atoms with E-state index in [2.05, 4.69) is 9.76 Å². The normalized spacial score (nSPS) is 25.1. The number of hydrogen-bond acceptors (Lipinski definition) is 9.